The fourth-order valence-electron chi connectivity index (χ4n) is 3.62. The summed E-state index contributed by atoms with van der Waals surface area (Å²) < 4.78 is 0. The largest absolute Gasteiger partial charge is 0.332 e. The standard InChI is InChI=1S/C16H20N4O/c21-16(15-13-6-1-2-7-14(13)17-18-15)20-10-9-19-8-4-3-5-12(20)11-19/h1-2,6-7,12H,3-5,8-11H2,(H,17,18)/t12-/m0/s1. The highest BCUT2D eigenvalue weighted by atomic mass is 16.2. The molecule has 0 spiro atoms. The van der Waals surface area contributed by atoms with Gasteiger partial charge >= 0.3 is 0 Å². The molecule has 5 nitrogen and oxygen atoms in total. The number of aromatic nitrogens is 2. The first kappa shape index (κ1) is 12.8. The highest BCUT2D eigenvalue weighted by Crippen LogP contribution is 2.24. The summed E-state index contributed by atoms with van der Waals surface area (Å²) in [5.74, 6) is 0.0824. The smallest absolute Gasteiger partial charge is 0.275 e. The van der Waals surface area contributed by atoms with Crippen LogP contribution in [0.3, 0.4) is 0 Å². The summed E-state index contributed by atoms with van der Waals surface area (Å²) in [4.78, 5) is 17.4. The summed E-state index contributed by atoms with van der Waals surface area (Å²) in [6, 6.07) is 8.19. The van der Waals surface area contributed by atoms with Crippen molar-refractivity contribution in [3.05, 3.63) is 30.0 Å². The van der Waals surface area contributed by atoms with E-state index in [1.54, 1.807) is 0 Å². The van der Waals surface area contributed by atoms with Crippen LogP contribution >= 0.6 is 0 Å². The lowest BCUT2D eigenvalue weighted by Gasteiger charge is -2.39. The number of nitrogens with one attached hydrogen (secondary N) is 1. The number of amides is 1. The van der Waals surface area contributed by atoms with E-state index in [-0.39, 0.29) is 5.91 Å². The van der Waals surface area contributed by atoms with Crippen molar-refractivity contribution in [3.63, 3.8) is 0 Å². The zero-order valence-corrected chi connectivity index (χ0v) is 12.1. The van der Waals surface area contributed by atoms with Gasteiger partial charge < -0.3 is 4.90 Å². The molecular weight excluding hydrogens is 264 g/mol. The van der Waals surface area contributed by atoms with E-state index in [0.29, 0.717) is 11.7 Å². The molecule has 2 fully saturated rings. The Morgan fingerprint density at radius 3 is 3.05 bits per heavy atom. The number of fused-ring (bicyclic) bond motifs is 3. The van der Waals surface area contributed by atoms with Crippen LogP contribution in [0.1, 0.15) is 29.8 Å². The second-order valence-electron chi connectivity index (χ2n) is 6.07. The monoisotopic (exact) mass is 284 g/mol. The van der Waals surface area contributed by atoms with Crippen molar-refractivity contribution in [1.29, 1.82) is 0 Å². The number of rotatable bonds is 1. The average Bonchev–Trinajstić information content (AvgIpc) is 2.86. The van der Waals surface area contributed by atoms with Gasteiger partial charge in [0.2, 0.25) is 0 Å². The van der Waals surface area contributed by atoms with Crippen LogP contribution in [-0.4, -0.2) is 58.1 Å². The molecule has 0 aliphatic carbocycles. The topological polar surface area (TPSA) is 52.2 Å². The highest BCUT2D eigenvalue weighted by Gasteiger charge is 2.33. The number of carbonyl (C=O) groups excluding carboxylic acids is 1. The summed E-state index contributed by atoms with van der Waals surface area (Å²) in [5, 5.41) is 8.17. The van der Waals surface area contributed by atoms with Gasteiger partial charge in [0.15, 0.2) is 5.69 Å². The first-order valence-electron chi connectivity index (χ1n) is 7.79. The first-order valence-corrected chi connectivity index (χ1v) is 7.79. The van der Waals surface area contributed by atoms with Gasteiger partial charge in [0, 0.05) is 31.1 Å². The molecule has 2 atom stereocenters. The molecule has 2 aliphatic rings. The summed E-state index contributed by atoms with van der Waals surface area (Å²) in [5.41, 5.74) is 1.50. The van der Waals surface area contributed by atoms with Gasteiger partial charge in [0.1, 0.15) is 0 Å². The van der Waals surface area contributed by atoms with Gasteiger partial charge in [-0.25, -0.2) is 0 Å². The number of hydrogen-bond acceptors (Lipinski definition) is 3. The average molecular weight is 284 g/mol. The van der Waals surface area contributed by atoms with Gasteiger partial charge in [-0.05, 0) is 25.5 Å². The van der Waals surface area contributed by atoms with E-state index in [4.69, 9.17) is 0 Å². The maximum Gasteiger partial charge on any atom is 0.275 e. The summed E-state index contributed by atoms with van der Waals surface area (Å²) in [6.45, 7) is 4.02. The fourth-order valence-corrected chi connectivity index (χ4v) is 3.62. The first-order chi connectivity index (χ1) is 10.3. The highest BCUT2D eigenvalue weighted by molar-refractivity contribution is 6.04. The maximum absolute atomic E-state index is 12.9. The predicted molar refractivity (Wildman–Crippen MR) is 81.2 cm³/mol. The van der Waals surface area contributed by atoms with E-state index in [2.05, 4.69) is 15.1 Å². The molecule has 0 saturated carbocycles. The van der Waals surface area contributed by atoms with Crippen LogP contribution in [0.4, 0.5) is 0 Å². The predicted octanol–water partition coefficient (Wildman–Crippen LogP) is 1.87. The SMILES string of the molecule is O=C(c1n[nH]c2ccccc12)N1CCN2CCCC[C@H]1C2. The van der Waals surface area contributed by atoms with Crippen LogP contribution in [0.15, 0.2) is 24.3 Å². The van der Waals surface area contributed by atoms with Gasteiger partial charge in [-0.1, -0.05) is 24.6 Å². The van der Waals surface area contributed by atoms with Crippen molar-refractivity contribution in [1.82, 2.24) is 20.0 Å². The zero-order valence-electron chi connectivity index (χ0n) is 12.1. The second-order valence-corrected chi connectivity index (χ2v) is 6.07. The molecule has 3 heterocycles. The van der Waals surface area contributed by atoms with Crippen LogP contribution in [0, 0.1) is 0 Å². The lowest BCUT2D eigenvalue weighted by molar-refractivity contribution is 0.0480. The number of aromatic amines is 1. The Morgan fingerprint density at radius 2 is 2.10 bits per heavy atom. The number of piperazine rings is 1. The van der Waals surface area contributed by atoms with Gasteiger partial charge in [0.05, 0.1) is 5.52 Å². The Balaban J connectivity index is 1.65. The Labute approximate surface area is 123 Å². The molecule has 21 heavy (non-hydrogen) atoms. The minimum absolute atomic E-state index is 0.0824. The van der Waals surface area contributed by atoms with E-state index < -0.39 is 0 Å². The van der Waals surface area contributed by atoms with Gasteiger partial charge in [-0.15, -0.1) is 0 Å². The third-order valence-electron chi connectivity index (χ3n) is 4.76. The van der Waals surface area contributed by atoms with Crippen molar-refractivity contribution in [2.24, 2.45) is 0 Å². The summed E-state index contributed by atoms with van der Waals surface area (Å²) >= 11 is 0. The number of para-hydroxylation sites is 1. The lowest BCUT2D eigenvalue weighted by atomic mass is 10.1. The van der Waals surface area contributed by atoms with E-state index >= 15 is 0 Å². The Hall–Kier alpha value is -1.88. The molecular formula is C16H20N4O. The Bertz CT molecular complexity index is 665. The van der Waals surface area contributed by atoms with Crippen LogP contribution < -0.4 is 0 Å². The molecule has 0 radical (unpaired) electrons. The van der Waals surface area contributed by atoms with Crippen LogP contribution in [0.2, 0.25) is 0 Å². The molecule has 110 valence electrons. The van der Waals surface area contributed by atoms with Gasteiger partial charge in [0.25, 0.3) is 5.91 Å². The molecule has 2 aliphatic heterocycles. The van der Waals surface area contributed by atoms with Crippen LogP contribution in [0.25, 0.3) is 10.9 Å². The molecule has 2 bridgehead atoms. The summed E-state index contributed by atoms with van der Waals surface area (Å²) in [7, 11) is 0. The Morgan fingerprint density at radius 1 is 1.19 bits per heavy atom. The van der Waals surface area contributed by atoms with Crippen LogP contribution in [0.5, 0.6) is 0 Å². The van der Waals surface area contributed by atoms with Gasteiger partial charge in [-0.2, -0.15) is 5.10 Å². The molecule has 5 heteroatoms. The van der Waals surface area contributed by atoms with E-state index in [0.717, 1.165) is 37.0 Å². The number of benzene rings is 1. The van der Waals surface area contributed by atoms with E-state index in [9.17, 15) is 4.79 Å². The number of hydrogen-bond donors (Lipinski definition) is 1. The number of carbonyl (C=O) groups is 1. The maximum atomic E-state index is 12.9. The molecule has 1 unspecified atom stereocenters. The minimum atomic E-state index is 0.0824. The molecule has 1 amide bonds. The molecule has 2 aromatic rings. The van der Waals surface area contributed by atoms with Crippen molar-refractivity contribution in [2.45, 2.75) is 25.3 Å². The second kappa shape index (κ2) is 5.15. The molecule has 4 rings (SSSR count). The molecule has 1 aromatic carbocycles. The quantitative estimate of drug-likeness (QED) is 0.870. The normalized spacial score (nSPS) is 25.8. The minimum Gasteiger partial charge on any atom is -0.332 e. The lowest BCUT2D eigenvalue weighted by Crippen LogP contribution is -2.54. The molecule has 1 aromatic heterocycles. The van der Waals surface area contributed by atoms with E-state index in [1.165, 1.54) is 19.4 Å². The van der Waals surface area contributed by atoms with Crippen molar-refractivity contribution in [3.8, 4) is 0 Å². The number of nitrogens with zero attached hydrogens (tertiary/aromatic N) is 3. The third kappa shape index (κ3) is 2.21. The van der Waals surface area contributed by atoms with Gasteiger partial charge in [-0.3, -0.25) is 14.8 Å². The third-order valence-corrected chi connectivity index (χ3v) is 4.76. The molecule has 2 saturated heterocycles. The zero-order chi connectivity index (χ0) is 14.2. The summed E-state index contributed by atoms with van der Waals surface area (Å²) in [6.07, 6.45) is 3.58. The van der Waals surface area contributed by atoms with Crippen molar-refractivity contribution in [2.75, 3.05) is 26.2 Å². The molecule has 1 N–H and O–H groups in total. The van der Waals surface area contributed by atoms with Crippen LogP contribution in [-0.2, 0) is 0 Å². The van der Waals surface area contributed by atoms with E-state index in [1.807, 2.05) is 29.2 Å². The van der Waals surface area contributed by atoms with Crippen molar-refractivity contribution >= 4 is 16.8 Å². The number of H-pyrrole nitrogens is 1. The van der Waals surface area contributed by atoms with Crippen molar-refractivity contribution < 1.29 is 4.79 Å². The fraction of sp³-hybridized carbons (Fsp3) is 0.500. The Kier molecular flexibility index (Phi) is 3.15.